The van der Waals surface area contributed by atoms with Crippen LogP contribution in [0.25, 0.3) is 5.69 Å². The zero-order valence-electron chi connectivity index (χ0n) is 18.5. The van der Waals surface area contributed by atoms with Crippen LogP contribution in [0.4, 0.5) is 0 Å². The molecule has 1 aromatic heterocycles. The average molecular weight is 473 g/mol. The number of para-hydroxylation sites is 1. The summed E-state index contributed by atoms with van der Waals surface area (Å²) in [5.74, 6) is 0.117. The lowest BCUT2D eigenvalue weighted by Crippen LogP contribution is -2.30. The highest BCUT2D eigenvalue weighted by Gasteiger charge is 2.21. The Morgan fingerprint density at radius 2 is 1.78 bits per heavy atom. The molecule has 1 amide bonds. The monoisotopic (exact) mass is 472 g/mol. The minimum absolute atomic E-state index is 0.117. The molecule has 3 rings (SSSR count). The molecule has 3 aromatic rings. The third kappa shape index (κ3) is 5.59. The van der Waals surface area contributed by atoms with E-state index in [1.807, 2.05) is 55.8 Å². The Morgan fingerprint density at radius 3 is 2.44 bits per heavy atom. The number of amides is 1. The van der Waals surface area contributed by atoms with Crippen LogP contribution in [0, 0.1) is 6.92 Å². The van der Waals surface area contributed by atoms with Crippen LogP contribution in [-0.2, 0) is 21.4 Å². The van der Waals surface area contributed by atoms with Crippen molar-refractivity contribution in [2.24, 2.45) is 0 Å². The molecule has 0 aliphatic heterocycles. The summed E-state index contributed by atoms with van der Waals surface area (Å²) in [7, 11) is -3.48. The van der Waals surface area contributed by atoms with Gasteiger partial charge in [0, 0.05) is 32.0 Å². The second kappa shape index (κ2) is 10.8. The second-order valence-corrected chi connectivity index (χ2v) is 10.0. The fourth-order valence-electron chi connectivity index (χ4n) is 3.29. The number of imidazole rings is 1. The number of hydrogen-bond donors (Lipinski definition) is 1. The predicted octanol–water partition coefficient (Wildman–Crippen LogP) is 3.62. The molecule has 9 heteroatoms. The number of aryl methyl sites for hydroxylation is 1. The topological polar surface area (TPSA) is 84.3 Å². The quantitative estimate of drug-likeness (QED) is 0.456. The Balaban J connectivity index is 1.55. The summed E-state index contributed by atoms with van der Waals surface area (Å²) in [6.07, 6.45) is 3.61. The van der Waals surface area contributed by atoms with Crippen molar-refractivity contribution in [3.05, 3.63) is 72.1 Å². The van der Waals surface area contributed by atoms with Gasteiger partial charge in [0.05, 0.1) is 16.3 Å². The van der Waals surface area contributed by atoms with Gasteiger partial charge in [-0.25, -0.2) is 13.4 Å². The van der Waals surface area contributed by atoms with Gasteiger partial charge in [-0.15, -0.1) is 0 Å². The number of aromatic nitrogens is 2. The predicted molar refractivity (Wildman–Crippen MR) is 127 cm³/mol. The summed E-state index contributed by atoms with van der Waals surface area (Å²) in [6, 6.07) is 14.7. The molecule has 1 heterocycles. The number of thioether (sulfide) groups is 1. The number of nitrogens with one attached hydrogen (secondary N) is 1. The maximum atomic E-state index is 12.6. The Bertz CT molecular complexity index is 1150. The molecule has 0 aliphatic rings. The summed E-state index contributed by atoms with van der Waals surface area (Å²) in [5.41, 5.74) is 3.00. The third-order valence-electron chi connectivity index (χ3n) is 5.07. The van der Waals surface area contributed by atoms with E-state index >= 15 is 0 Å². The molecule has 0 radical (unpaired) electrons. The SMILES string of the molecule is CCN(CC)S(=O)(=O)c1ccc(CNC(=O)CSc2nccn2-c2ccccc2C)cc1. The minimum Gasteiger partial charge on any atom is -0.351 e. The van der Waals surface area contributed by atoms with Crippen LogP contribution in [0.3, 0.4) is 0 Å². The first-order valence-electron chi connectivity index (χ1n) is 10.4. The number of rotatable bonds is 10. The fraction of sp³-hybridized carbons (Fsp3) is 0.304. The minimum atomic E-state index is -3.48. The maximum absolute atomic E-state index is 12.6. The van der Waals surface area contributed by atoms with Gasteiger partial charge >= 0.3 is 0 Å². The molecule has 0 bridgehead atoms. The number of carbonyl (C=O) groups is 1. The number of carbonyl (C=O) groups excluding carboxylic acids is 1. The Hall–Kier alpha value is -2.62. The molecule has 0 saturated heterocycles. The van der Waals surface area contributed by atoms with Gasteiger partial charge in [0.1, 0.15) is 0 Å². The zero-order chi connectivity index (χ0) is 23.1. The van der Waals surface area contributed by atoms with Gasteiger partial charge in [0.25, 0.3) is 0 Å². The lowest BCUT2D eigenvalue weighted by atomic mass is 10.2. The lowest BCUT2D eigenvalue weighted by Gasteiger charge is -2.18. The number of sulfonamides is 1. The van der Waals surface area contributed by atoms with Gasteiger partial charge in [-0.05, 0) is 36.2 Å². The highest BCUT2D eigenvalue weighted by molar-refractivity contribution is 7.99. The standard InChI is InChI=1S/C23H28N4O3S2/c1-4-26(5-2)32(29,30)20-12-10-19(11-13-20)16-25-22(28)17-31-23-24-14-15-27(23)21-9-7-6-8-18(21)3/h6-15H,4-5,16-17H2,1-3H3,(H,25,28). The molecular formula is C23H28N4O3S2. The van der Waals surface area contributed by atoms with Gasteiger partial charge in [-0.2, -0.15) is 4.31 Å². The van der Waals surface area contributed by atoms with Gasteiger partial charge in [0.2, 0.25) is 15.9 Å². The molecular weight excluding hydrogens is 444 g/mol. The van der Waals surface area contributed by atoms with E-state index < -0.39 is 10.0 Å². The van der Waals surface area contributed by atoms with E-state index in [0.717, 1.165) is 22.0 Å². The summed E-state index contributed by atoms with van der Waals surface area (Å²) < 4.78 is 28.5. The smallest absolute Gasteiger partial charge is 0.243 e. The Labute approximate surface area is 193 Å². The van der Waals surface area contributed by atoms with Crippen LogP contribution in [-0.4, -0.2) is 47.0 Å². The van der Waals surface area contributed by atoms with E-state index in [-0.39, 0.29) is 16.6 Å². The fourth-order valence-corrected chi connectivity index (χ4v) is 5.54. The molecule has 170 valence electrons. The molecule has 1 N–H and O–H groups in total. The molecule has 0 atom stereocenters. The van der Waals surface area contributed by atoms with Crippen molar-refractivity contribution in [2.75, 3.05) is 18.8 Å². The van der Waals surface area contributed by atoms with Crippen LogP contribution in [0.15, 0.2) is 71.0 Å². The van der Waals surface area contributed by atoms with Gasteiger partial charge in [0.15, 0.2) is 5.16 Å². The van der Waals surface area contributed by atoms with Crippen molar-refractivity contribution in [3.63, 3.8) is 0 Å². The van der Waals surface area contributed by atoms with Gasteiger partial charge < -0.3 is 5.32 Å². The average Bonchev–Trinajstić information content (AvgIpc) is 3.26. The summed E-state index contributed by atoms with van der Waals surface area (Å²) in [6.45, 7) is 6.85. The van der Waals surface area contributed by atoms with Crippen LogP contribution in [0.1, 0.15) is 25.0 Å². The van der Waals surface area contributed by atoms with Crippen molar-refractivity contribution >= 4 is 27.7 Å². The van der Waals surface area contributed by atoms with E-state index in [1.54, 1.807) is 30.5 Å². The first-order valence-corrected chi connectivity index (χ1v) is 12.9. The third-order valence-corrected chi connectivity index (χ3v) is 8.10. The van der Waals surface area contributed by atoms with Crippen LogP contribution in [0.2, 0.25) is 0 Å². The van der Waals surface area contributed by atoms with E-state index in [0.29, 0.717) is 19.6 Å². The Morgan fingerprint density at radius 1 is 1.09 bits per heavy atom. The first kappa shape index (κ1) is 24.0. The number of hydrogen-bond acceptors (Lipinski definition) is 5. The van der Waals surface area contributed by atoms with E-state index in [2.05, 4.69) is 10.3 Å². The molecule has 0 unspecified atom stereocenters. The van der Waals surface area contributed by atoms with Crippen molar-refractivity contribution < 1.29 is 13.2 Å². The van der Waals surface area contributed by atoms with E-state index in [1.165, 1.54) is 16.1 Å². The Kier molecular flexibility index (Phi) is 8.11. The second-order valence-electron chi connectivity index (χ2n) is 7.16. The van der Waals surface area contributed by atoms with Crippen LogP contribution < -0.4 is 5.32 Å². The number of benzene rings is 2. The number of nitrogens with zero attached hydrogens (tertiary/aromatic N) is 3. The molecule has 2 aromatic carbocycles. The maximum Gasteiger partial charge on any atom is 0.243 e. The van der Waals surface area contributed by atoms with Gasteiger partial charge in [-0.3, -0.25) is 9.36 Å². The lowest BCUT2D eigenvalue weighted by molar-refractivity contribution is -0.118. The van der Waals surface area contributed by atoms with E-state index in [9.17, 15) is 13.2 Å². The molecule has 7 nitrogen and oxygen atoms in total. The summed E-state index contributed by atoms with van der Waals surface area (Å²) >= 11 is 1.37. The van der Waals surface area contributed by atoms with Crippen molar-refractivity contribution in [2.45, 2.75) is 37.4 Å². The normalized spacial score (nSPS) is 11.6. The molecule has 0 saturated carbocycles. The molecule has 0 fully saturated rings. The van der Waals surface area contributed by atoms with Crippen molar-refractivity contribution in [1.29, 1.82) is 0 Å². The molecule has 0 spiro atoms. The molecule has 32 heavy (non-hydrogen) atoms. The summed E-state index contributed by atoms with van der Waals surface area (Å²) in [5, 5.41) is 3.63. The van der Waals surface area contributed by atoms with Crippen molar-refractivity contribution in [1.82, 2.24) is 19.2 Å². The summed E-state index contributed by atoms with van der Waals surface area (Å²) in [4.78, 5) is 17.0. The van der Waals surface area contributed by atoms with E-state index in [4.69, 9.17) is 0 Å². The van der Waals surface area contributed by atoms with Crippen LogP contribution in [0.5, 0.6) is 0 Å². The highest BCUT2D eigenvalue weighted by atomic mass is 32.2. The first-order chi connectivity index (χ1) is 15.4. The van der Waals surface area contributed by atoms with Crippen molar-refractivity contribution in [3.8, 4) is 5.69 Å². The largest absolute Gasteiger partial charge is 0.351 e. The van der Waals surface area contributed by atoms with Gasteiger partial charge in [-0.1, -0.05) is 55.9 Å². The molecule has 0 aliphatic carbocycles. The highest BCUT2D eigenvalue weighted by Crippen LogP contribution is 2.22. The zero-order valence-corrected chi connectivity index (χ0v) is 20.1. The van der Waals surface area contributed by atoms with Crippen LogP contribution >= 0.6 is 11.8 Å².